The van der Waals surface area contributed by atoms with Crippen molar-refractivity contribution in [3.8, 4) is 12.0 Å². The van der Waals surface area contributed by atoms with Crippen LogP contribution in [0.25, 0.3) is 0 Å². The molecule has 0 saturated heterocycles. The van der Waals surface area contributed by atoms with Crippen molar-refractivity contribution >= 4 is 5.95 Å². The van der Waals surface area contributed by atoms with Crippen molar-refractivity contribution in [1.82, 2.24) is 15.0 Å². The lowest BCUT2D eigenvalue weighted by Crippen LogP contribution is -2.27. The number of aromatic nitrogens is 3. The van der Waals surface area contributed by atoms with E-state index in [4.69, 9.17) is 9.47 Å². The number of aliphatic hydroxyl groups is 1. The van der Waals surface area contributed by atoms with Crippen LogP contribution in [0.2, 0.25) is 0 Å². The summed E-state index contributed by atoms with van der Waals surface area (Å²) in [4.78, 5) is 12.1. The zero-order valence-electron chi connectivity index (χ0n) is 12.0. The largest absolute Gasteiger partial charge is 0.467 e. The first-order valence-electron chi connectivity index (χ1n) is 6.50. The summed E-state index contributed by atoms with van der Waals surface area (Å²) in [6, 6.07) is 9.95. The minimum Gasteiger partial charge on any atom is -0.467 e. The number of nitrogens with zero attached hydrogens (tertiary/aromatic N) is 3. The third-order valence-corrected chi connectivity index (χ3v) is 2.84. The van der Waals surface area contributed by atoms with E-state index < -0.39 is 0 Å². The van der Waals surface area contributed by atoms with Gasteiger partial charge in [0.2, 0.25) is 5.95 Å². The minimum absolute atomic E-state index is 0.0504. The minimum atomic E-state index is -0.218. The Morgan fingerprint density at radius 3 is 2.19 bits per heavy atom. The molecule has 1 atom stereocenters. The Kier molecular flexibility index (Phi) is 5.28. The number of aliphatic hydroxyl groups excluding tert-OH is 1. The normalized spacial score (nSPS) is 11.8. The maximum absolute atomic E-state index is 9.51. The summed E-state index contributed by atoms with van der Waals surface area (Å²) in [6.45, 7) is -0.0504. The molecule has 7 heteroatoms. The SMILES string of the molecule is COc1nc(NC(CO)Cc2ccccc2)nc(OC)n1. The first-order valence-corrected chi connectivity index (χ1v) is 6.50. The van der Waals surface area contributed by atoms with E-state index in [1.165, 1.54) is 14.2 Å². The number of ether oxygens (including phenoxy) is 2. The van der Waals surface area contributed by atoms with E-state index in [0.717, 1.165) is 5.56 Å². The number of anilines is 1. The number of nitrogens with one attached hydrogen (secondary N) is 1. The number of benzene rings is 1. The first kappa shape index (κ1) is 15.0. The molecule has 2 rings (SSSR count). The highest BCUT2D eigenvalue weighted by Gasteiger charge is 2.13. The van der Waals surface area contributed by atoms with Crippen LogP contribution in [0.3, 0.4) is 0 Å². The molecule has 2 N–H and O–H groups in total. The molecule has 112 valence electrons. The molecule has 0 fully saturated rings. The van der Waals surface area contributed by atoms with Gasteiger partial charge in [0, 0.05) is 0 Å². The number of hydrogen-bond donors (Lipinski definition) is 2. The van der Waals surface area contributed by atoms with Crippen molar-refractivity contribution in [1.29, 1.82) is 0 Å². The predicted molar refractivity (Wildman–Crippen MR) is 77.6 cm³/mol. The molecule has 7 nitrogen and oxygen atoms in total. The van der Waals surface area contributed by atoms with Crippen molar-refractivity contribution in [2.45, 2.75) is 12.5 Å². The van der Waals surface area contributed by atoms with E-state index in [-0.39, 0.29) is 24.7 Å². The summed E-state index contributed by atoms with van der Waals surface area (Å²) in [5.41, 5.74) is 1.11. The zero-order valence-corrected chi connectivity index (χ0v) is 12.0. The lowest BCUT2D eigenvalue weighted by molar-refractivity contribution is 0.272. The second-order valence-electron chi connectivity index (χ2n) is 4.35. The van der Waals surface area contributed by atoms with Crippen LogP contribution in [0.1, 0.15) is 5.56 Å². The van der Waals surface area contributed by atoms with Gasteiger partial charge in [-0.15, -0.1) is 4.98 Å². The molecule has 1 unspecified atom stereocenters. The van der Waals surface area contributed by atoms with Gasteiger partial charge in [0.05, 0.1) is 26.9 Å². The van der Waals surface area contributed by atoms with Gasteiger partial charge in [-0.3, -0.25) is 0 Å². The van der Waals surface area contributed by atoms with Crippen LogP contribution in [-0.4, -0.2) is 46.9 Å². The number of methoxy groups -OCH3 is 2. The molecule has 1 heterocycles. The molecular weight excluding hydrogens is 272 g/mol. The second kappa shape index (κ2) is 7.39. The Morgan fingerprint density at radius 1 is 1.05 bits per heavy atom. The monoisotopic (exact) mass is 290 g/mol. The summed E-state index contributed by atoms with van der Waals surface area (Å²) < 4.78 is 9.97. The van der Waals surface area contributed by atoms with Gasteiger partial charge in [-0.05, 0) is 12.0 Å². The Labute approximate surface area is 123 Å². The fraction of sp³-hybridized carbons (Fsp3) is 0.357. The Bertz CT molecular complexity index is 543. The third-order valence-electron chi connectivity index (χ3n) is 2.84. The lowest BCUT2D eigenvalue weighted by Gasteiger charge is -2.16. The molecule has 0 aliphatic heterocycles. The smallest absolute Gasteiger partial charge is 0.324 e. The van der Waals surface area contributed by atoms with Gasteiger partial charge in [0.25, 0.3) is 0 Å². The fourth-order valence-electron chi connectivity index (χ4n) is 1.83. The summed E-state index contributed by atoms with van der Waals surface area (Å²) in [5.74, 6) is 0.300. The van der Waals surface area contributed by atoms with E-state index in [0.29, 0.717) is 12.4 Å². The summed E-state index contributed by atoms with van der Waals surface area (Å²) in [5, 5.41) is 12.6. The standard InChI is InChI=1S/C14H18N4O3/c1-20-13-16-12(17-14(18-13)21-2)15-11(9-19)8-10-6-4-3-5-7-10/h3-7,11,19H,8-9H2,1-2H3,(H,15,16,17,18). The Hall–Kier alpha value is -2.41. The molecule has 0 bridgehead atoms. The van der Waals surface area contributed by atoms with Crippen LogP contribution < -0.4 is 14.8 Å². The van der Waals surface area contributed by atoms with Crippen molar-refractivity contribution in [3.63, 3.8) is 0 Å². The zero-order chi connectivity index (χ0) is 15.1. The first-order chi connectivity index (χ1) is 10.2. The van der Waals surface area contributed by atoms with Gasteiger partial charge in [0.1, 0.15) is 0 Å². The molecule has 1 aromatic carbocycles. The van der Waals surface area contributed by atoms with Gasteiger partial charge < -0.3 is 19.9 Å². The van der Waals surface area contributed by atoms with E-state index in [9.17, 15) is 5.11 Å². The molecule has 1 aromatic heterocycles. The lowest BCUT2D eigenvalue weighted by atomic mass is 10.1. The van der Waals surface area contributed by atoms with Crippen LogP contribution in [0.5, 0.6) is 12.0 Å². The highest BCUT2D eigenvalue weighted by Crippen LogP contribution is 2.14. The van der Waals surface area contributed by atoms with Gasteiger partial charge in [-0.2, -0.15) is 9.97 Å². The van der Waals surface area contributed by atoms with Gasteiger partial charge in [-0.1, -0.05) is 30.3 Å². The van der Waals surface area contributed by atoms with Gasteiger partial charge >= 0.3 is 12.0 Å². The molecule has 0 aliphatic rings. The van der Waals surface area contributed by atoms with Crippen molar-refractivity contribution in [2.75, 3.05) is 26.1 Å². The second-order valence-corrected chi connectivity index (χ2v) is 4.35. The van der Waals surface area contributed by atoms with Crippen LogP contribution in [0.15, 0.2) is 30.3 Å². The quantitative estimate of drug-likeness (QED) is 0.783. The van der Waals surface area contributed by atoms with Crippen molar-refractivity contribution in [2.24, 2.45) is 0 Å². The molecule has 0 amide bonds. The molecule has 0 saturated carbocycles. The van der Waals surface area contributed by atoms with Crippen LogP contribution in [0.4, 0.5) is 5.95 Å². The molecule has 21 heavy (non-hydrogen) atoms. The van der Waals surface area contributed by atoms with E-state index >= 15 is 0 Å². The van der Waals surface area contributed by atoms with Crippen LogP contribution in [0, 0.1) is 0 Å². The third kappa shape index (κ3) is 4.28. The highest BCUT2D eigenvalue weighted by molar-refractivity contribution is 5.30. The summed E-state index contributed by atoms with van der Waals surface area (Å²) >= 11 is 0. The Balaban J connectivity index is 2.11. The molecule has 0 spiro atoms. The molecule has 2 aromatic rings. The topological polar surface area (TPSA) is 89.4 Å². The Morgan fingerprint density at radius 2 is 1.67 bits per heavy atom. The maximum Gasteiger partial charge on any atom is 0.324 e. The average Bonchev–Trinajstić information content (AvgIpc) is 2.54. The average molecular weight is 290 g/mol. The van der Waals surface area contributed by atoms with Crippen molar-refractivity contribution in [3.05, 3.63) is 35.9 Å². The van der Waals surface area contributed by atoms with Gasteiger partial charge in [-0.25, -0.2) is 0 Å². The van der Waals surface area contributed by atoms with Crippen molar-refractivity contribution < 1.29 is 14.6 Å². The molecular formula is C14H18N4O3. The van der Waals surface area contributed by atoms with Crippen LogP contribution >= 0.6 is 0 Å². The number of rotatable bonds is 7. The summed E-state index contributed by atoms with van der Waals surface area (Å²) in [7, 11) is 2.93. The van der Waals surface area contributed by atoms with Gasteiger partial charge in [0.15, 0.2) is 0 Å². The van der Waals surface area contributed by atoms with Crippen LogP contribution in [-0.2, 0) is 6.42 Å². The summed E-state index contributed by atoms with van der Waals surface area (Å²) in [6.07, 6.45) is 0.646. The number of hydrogen-bond acceptors (Lipinski definition) is 7. The van der Waals surface area contributed by atoms with E-state index in [1.807, 2.05) is 30.3 Å². The maximum atomic E-state index is 9.51. The molecule has 0 radical (unpaired) electrons. The van der Waals surface area contributed by atoms with E-state index in [2.05, 4.69) is 20.3 Å². The fourth-order valence-corrected chi connectivity index (χ4v) is 1.83. The highest BCUT2D eigenvalue weighted by atomic mass is 16.5. The molecule has 0 aliphatic carbocycles. The van der Waals surface area contributed by atoms with E-state index in [1.54, 1.807) is 0 Å². The predicted octanol–water partition coefficient (Wildman–Crippen LogP) is 0.904.